The van der Waals surface area contributed by atoms with Crippen molar-refractivity contribution in [3.05, 3.63) is 42.6 Å². The monoisotopic (exact) mass is 442 g/mol. The average molecular weight is 443 g/mol. The molecule has 0 bridgehead atoms. The lowest BCUT2D eigenvalue weighted by molar-refractivity contribution is 0.268. The number of hydrogen-bond acceptors (Lipinski definition) is 8. The molecule has 1 unspecified atom stereocenters. The van der Waals surface area contributed by atoms with Crippen LogP contribution in [0.5, 0.6) is 0 Å². The van der Waals surface area contributed by atoms with Crippen molar-refractivity contribution in [3.63, 3.8) is 0 Å². The fourth-order valence-corrected chi connectivity index (χ4v) is 4.98. The molecule has 0 aliphatic carbocycles. The number of aryl methyl sites for hydroxylation is 1. The number of nitrogens with zero attached hydrogens (tertiary/aromatic N) is 6. The minimum Gasteiger partial charge on any atom is -0.381 e. The molecule has 0 amide bonds. The van der Waals surface area contributed by atoms with Crippen LogP contribution in [-0.4, -0.2) is 63.7 Å². The maximum Gasteiger partial charge on any atom is 0.240 e. The van der Waals surface area contributed by atoms with E-state index in [1.165, 1.54) is 23.5 Å². The van der Waals surface area contributed by atoms with Gasteiger partial charge in [0.15, 0.2) is 11.6 Å². The number of aromatic nitrogens is 5. The van der Waals surface area contributed by atoms with Gasteiger partial charge in [-0.3, -0.25) is 4.90 Å². The zero-order valence-electron chi connectivity index (χ0n) is 17.6. The molecule has 1 saturated heterocycles. The third-order valence-corrected chi connectivity index (χ3v) is 7.05. The van der Waals surface area contributed by atoms with Crippen molar-refractivity contribution in [1.29, 1.82) is 0 Å². The number of nitrogens with one attached hydrogen (secondary N) is 1. The van der Waals surface area contributed by atoms with Crippen LogP contribution in [0.2, 0.25) is 0 Å². The van der Waals surface area contributed by atoms with E-state index in [2.05, 4.69) is 36.6 Å². The Kier molecular flexibility index (Phi) is 5.99. The lowest BCUT2D eigenvalue weighted by Crippen LogP contribution is -2.40. The van der Waals surface area contributed by atoms with E-state index in [-0.39, 0.29) is 16.8 Å². The minimum atomic E-state index is -3.67. The molecule has 1 aromatic carbocycles. The molecule has 0 spiro atoms. The van der Waals surface area contributed by atoms with E-state index in [0.29, 0.717) is 23.6 Å². The van der Waals surface area contributed by atoms with Gasteiger partial charge in [-0.15, -0.1) is 0 Å². The van der Waals surface area contributed by atoms with Crippen LogP contribution in [0.4, 0.5) is 5.82 Å². The molecule has 11 heteroatoms. The number of benzene rings is 1. The Hall–Kier alpha value is -2.89. The molecule has 4 rings (SSSR count). The summed E-state index contributed by atoms with van der Waals surface area (Å²) in [6.45, 7) is 6.33. The Labute approximate surface area is 181 Å². The number of nitrogen functional groups attached to an aromatic ring is 1. The van der Waals surface area contributed by atoms with Crippen LogP contribution < -0.4 is 10.5 Å². The predicted octanol–water partition coefficient (Wildman–Crippen LogP) is 1.38. The number of hydrogen-bond donors (Lipinski definition) is 2. The van der Waals surface area contributed by atoms with Crippen molar-refractivity contribution in [1.82, 2.24) is 34.4 Å². The van der Waals surface area contributed by atoms with Crippen LogP contribution in [0, 0.1) is 6.92 Å². The number of nitrogens with two attached hydrogens (primary N) is 1. The van der Waals surface area contributed by atoms with Crippen LogP contribution in [0.3, 0.4) is 0 Å². The molecular weight excluding hydrogens is 416 g/mol. The molecule has 2 aromatic heterocycles. The second kappa shape index (κ2) is 8.69. The number of anilines is 1. The highest BCUT2D eigenvalue weighted by atomic mass is 32.2. The van der Waals surface area contributed by atoms with Gasteiger partial charge < -0.3 is 5.73 Å². The Bertz CT molecular complexity index is 1160. The maximum absolute atomic E-state index is 13.0. The number of rotatable bonds is 7. The van der Waals surface area contributed by atoms with Gasteiger partial charge in [-0.1, -0.05) is 13.0 Å². The standard InChI is InChI=1S/C20H26N8O2S/c1-3-27-8-4-5-15(27)10-25-31(29,30)16-7-6-14(2)17(9-16)18-11-23-19(21)20(26-18)28-13-22-12-24-28/h6-7,9,11-13,15,25H,3-5,8,10H2,1-2H3,(H2,21,23). The normalized spacial score (nSPS) is 17.3. The van der Waals surface area contributed by atoms with Crippen molar-refractivity contribution < 1.29 is 8.42 Å². The van der Waals surface area contributed by atoms with Crippen LogP contribution >= 0.6 is 0 Å². The fourth-order valence-electron chi connectivity index (χ4n) is 3.88. The van der Waals surface area contributed by atoms with Crippen LogP contribution in [0.25, 0.3) is 17.1 Å². The van der Waals surface area contributed by atoms with Gasteiger partial charge in [-0.2, -0.15) is 9.78 Å². The predicted molar refractivity (Wildman–Crippen MR) is 117 cm³/mol. The largest absolute Gasteiger partial charge is 0.381 e. The van der Waals surface area contributed by atoms with E-state index in [9.17, 15) is 8.42 Å². The Morgan fingerprint density at radius 3 is 2.90 bits per heavy atom. The summed E-state index contributed by atoms with van der Waals surface area (Å²) in [7, 11) is -3.67. The molecule has 0 radical (unpaired) electrons. The first kappa shape index (κ1) is 21.3. The second-order valence-corrected chi connectivity index (χ2v) is 9.32. The second-order valence-electron chi connectivity index (χ2n) is 7.56. The Morgan fingerprint density at radius 2 is 2.16 bits per heavy atom. The molecule has 1 aliphatic heterocycles. The van der Waals surface area contributed by atoms with Gasteiger partial charge in [0.2, 0.25) is 10.0 Å². The summed E-state index contributed by atoms with van der Waals surface area (Å²) in [5.41, 5.74) is 7.98. The van der Waals surface area contributed by atoms with E-state index in [1.54, 1.807) is 18.2 Å². The summed E-state index contributed by atoms with van der Waals surface area (Å²) in [6.07, 6.45) is 6.48. The van der Waals surface area contributed by atoms with Crippen LogP contribution in [0.15, 0.2) is 41.9 Å². The van der Waals surface area contributed by atoms with Gasteiger partial charge in [-0.25, -0.2) is 28.1 Å². The van der Waals surface area contributed by atoms with E-state index in [1.807, 2.05) is 6.92 Å². The number of likely N-dealkylation sites (tertiary alicyclic amines) is 1. The summed E-state index contributed by atoms with van der Waals surface area (Å²) >= 11 is 0. The minimum absolute atomic E-state index is 0.190. The highest BCUT2D eigenvalue weighted by Crippen LogP contribution is 2.26. The summed E-state index contributed by atoms with van der Waals surface area (Å²) in [5.74, 6) is 0.538. The third kappa shape index (κ3) is 4.43. The van der Waals surface area contributed by atoms with Gasteiger partial charge in [0.05, 0.1) is 16.8 Å². The lowest BCUT2D eigenvalue weighted by atomic mass is 10.1. The molecule has 3 aromatic rings. The molecule has 164 valence electrons. The molecule has 1 fully saturated rings. The highest BCUT2D eigenvalue weighted by Gasteiger charge is 2.25. The zero-order valence-corrected chi connectivity index (χ0v) is 18.4. The molecule has 3 heterocycles. The number of likely N-dealkylation sites (N-methyl/N-ethyl adjacent to an activating group) is 1. The summed E-state index contributed by atoms with van der Waals surface area (Å²) in [4.78, 5) is 15.2. The summed E-state index contributed by atoms with van der Waals surface area (Å²) in [6, 6.07) is 5.23. The van der Waals surface area contributed by atoms with Crippen molar-refractivity contribution in [3.8, 4) is 17.1 Å². The smallest absolute Gasteiger partial charge is 0.240 e. The first-order chi connectivity index (χ1) is 14.9. The number of sulfonamides is 1. The van der Waals surface area contributed by atoms with Crippen LogP contribution in [0.1, 0.15) is 25.3 Å². The quantitative estimate of drug-likeness (QED) is 0.561. The van der Waals surface area contributed by atoms with Crippen molar-refractivity contribution in [2.75, 3.05) is 25.4 Å². The van der Waals surface area contributed by atoms with Gasteiger partial charge in [0, 0.05) is 18.2 Å². The van der Waals surface area contributed by atoms with Crippen molar-refractivity contribution in [2.45, 2.75) is 37.6 Å². The van der Waals surface area contributed by atoms with Gasteiger partial charge in [-0.05, 0) is 50.6 Å². The van der Waals surface area contributed by atoms with Crippen molar-refractivity contribution >= 4 is 15.8 Å². The molecule has 0 saturated carbocycles. The molecule has 1 atom stereocenters. The topological polar surface area (TPSA) is 132 Å². The molecule has 3 N–H and O–H groups in total. The first-order valence-electron chi connectivity index (χ1n) is 10.2. The van der Waals surface area contributed by atoms with Gasteiger partial charge in [0.25, 0.3) is 0 Å². The molecule has 31 heavy (non-hydrogen) atoms. The highest BCUT2D eigenvalue weighted by molar-refractivity contribution is 7.89. The zero-order chi connectivity index (χ0) is 22.0. The van der Waals surface area contributed by atoms with E-state index in [0.717, 1.165) is 31.5 Å². The third-order valence-electron chi connectivity index (χ3n) is 5.63. The lowest BCUT2D eigenvalue weighted by Gasteiger charge is -2.23. The average Bonchev–Trinajstić information content (AvgIpc) is 3.45. The van der Waals surface area contributed by atoms with Crippen molar-refractivity contribution in [2.24, 2.45) is 0 Å². The molecule has 1 aliphatic rings. The van der Waals surface area contributed by atoms with Gasteiger partial charge in [0.1, 0.15) is 12.7 Å². The summed E-state index contributed by atoms with van der Waals surface area (Å²) < 4.78 is 30.2. The van der Waals surface area contributed by atoms with Gasteiger partial charge >= 0.3 is 0 Å². The molecule has 10 nitrogen and oxygen atoms in total. The fraction of sp³-hybridized carbons (Fsp3) is 0.400. The Balaban J connectivity index is 1.62. The maximum atomic E-state index is 13.0. The summed E-state index contributed by atoms with van der Waals surface area (Å²) in [5, 5.41) is 4.05. The first-order valence-corrected chi connectivity index (χ1v) is 11.7. The van der Waals surface area contributed by atoms with E-state index < -0.39 is 10.0 Å². The SMILES string of the molecule is CCN1CCCC1CNS(=O)(=O)c1ccc(C)c(-c2cnc(N)c(-n3cncn3)n2)c1. The van der Waals surface area contributed by atoms with Crippen LogP contribution in [-0.2, 0) is 10.0 Å². The van der Waals surface area contributed by atoms with E-state index in [4.69, 9.17) is 5.73 Å². The molecular formula is C20H26N8O2S. The Morgan fingerprint density at radius 1 is 1.32 bits per heavy atom. The van der Waals surface area contributed by atoms with E-state index >= 15 is 0 Å².